The number of benzene rings is 2. The van der Waals surface area contributed by atoms with Crippen LogP contribution in [0.15, 0.2) is 53.3 Å². The van der Waals surface area contributed by atoms with Crippen LogP contribution in [0, 0.1) is 0 Å². The van der Waals surface area contributed by atoms with Gasteiger partial charge in [-0.05, 0) is 42.3 Å². The predicted octanol–water partition coefficient (Wildman–Crippen LogP) is 4.84. The van der Waals surface area contributed by atoms with Crippen LogP contribution in [0.25, 0.3) is 22.0 Å². The normalized spacial score (nSPS) is 11.7. The van der Waals surface area contributed by atoms with Crippen LogP contribution < -0.4 is 10.3 Å². The lowest BCUT2D eigenvalue weighted by Crippen LogP contribution is -2.10. The summed E-state index contributed by atoms with van der Waals surface area (Å²) >= 11 is 6.35. The zero-order valence-electron chi connectivity index (χ0n) is 14.0. The van der Waals surface area contributed by atoms with Crippen molar-refractivity contribution in [2.45, 2.75) is 19.8 Å². The summed E-state index contributed by atoms with van der Waals surface area (Å²) in [5.41, 5.74) is 1.32. The standard InChI is InChI=1S/C20H19ClN2O2/c1-2-3-12-25-15-10-8-14(9-11-15)13-17(21)19-22-18-7-5-4-6-16(18)20(24)23-19/h4-11,13H,2-3,12H2,1H3,(H,22,23,24)/b17-13-. The highest BCUT2D eigenvalue weighted by atomic mass is 35.5. The summed E-state index contributed by atoms with van der Waals surface area (Å²) in [6, 6.07) is 14.8. The molecule has 0 aliphatic rings. The quantitative estimate of drug-likeness (QED) is 0.644. The van der Waals surface area contributed by atoms with E-state index in [-0.39, 0.29) is 5.56 Å². The zero-order valence-corrected chi connectivity index (χ0v) is 14.7. The lowest BCUT2D eigenvalue weighted by Gasteiger charge is -2.05. The van der Waals surface area contributed by atoms with Gasteiger partial charge in [0.05, 0.1) is 22.5 Å². The van der Waals surface area contributed by atoms with E-state index < -0.39 is 0 Å². The molecule has 3 rings (SSSR count). The van der Waals surface area contributed by atoms with Gasteiger partial charge in [0.15, 0.2) is 5.82 Å². The van der Waals surface area contributed by atoms with E-state index in [1.165, 1.54) is 0 Å². The number of nitrogens with one attached hydrogen (secondary N) is 1. The molecule has 1 N–H and O–H groups in total. The van der Waals surface area contributed by atoms with Gasteiger partial charge in [-0.25, -0.2) is 4.98 Å². The van der Waals surface area contributed by atoms with E-state index in [2.05, 4.69) is 16.9 Å². The molecule has 0 aliphatic heterocycles. The lowest BCUT2D eigenvalue weighted by atomic mass is 10.2. The smallest absolute Gasteiger partial charge is 0.259 e. The SMILES string of the molecule is CCCCOc1ccc(/C=C(\Cl)c2nc3ccccc3c(=O)[nH]2)cc1. The van der Waals surface area contributed by atoms with Crippen molar-refractivity contribution in [1.29, 1.82) is 0 Å². The molecule has 0 bridgehead atoms. The van der Waals surface area contributed by atoms with Crippen LogP contribution in [-0.4, -0.2) is 16.6 Å². The molecule has 0 fully saturated rings. The predicted molar refractivity (Wildman–Crippen MR) is 103 cm³/mol. The summed E-state index contributed by atoms with van der Waals surface area (Å²) < 4.78 is 5.64. The number of hydrogen-bond acceptors (Lipinski definition) is 3. The van der Waals surface area contributed by atoms with Crippen molar-refractivity contribution in [3.8, 4) is 5.75 Å². The van der Waals surface area contributed by atoms with Crippen LogP contribution in [0.2, 0.25) is 0 Å². The van der Waals surface area contributed by atoms with E-state index in [9.17, 15) is 4.79 Å². The summed E-state index contributed by atoms with van der Waals surface area (Å²) in [4.78, 5) is 19.3. The fourth-order valence-corrected chi connectivity index (χ4v) is 2.62. The van der Waals surface area contributed by atoms with E-state index >= 15 is 0 Å². The monoisotopic (exact) mass is 354 g/mol. The summed E-state index contributed by atoms with van der Waals surface area (Å²) in [6.45, 7) is 2.85. The fraction of sp³-hybridized carbons (Fsp3) is 0.200. The Morgan fingerprint density at radius 3 is 2.72 bits per heavy atom. The number of ether oxygens (including phenoxy) is 1. The molecule has 0 atom stereocenters. The Labute approximate surface area is 151 Å². The Balaban J connectivity index is 1.82. The van der Waals surface area contributed by atoms with Gasteiger partial charge in [-0.3, -0.25) is 4.79 Å². The molecule has 0 unspecified atom stereocenters. The molecule has 25 heavy (non-hydrogen) atoms. The number of rotatable bonds is 6. The molecule has 3 aromatic rings. The molecule has 1 heterocycles. The Bertz CT molecular complexity index is 946. The lowest BCUT2D eigenvalue weighted by molar-refractivity contribution is 0.309. The first-order chi connectivity index (χ1) is 12.2. The van der Waals surface area contributed by atoms with Crippen molar-refractivity contribution in [2.75, 3.05) is 6.61 Å². The third-order valence-corrected chi connectivity index (χ3v) is 4.07. The van der Waals surface area contributed by atoms with Gasteiger partial charge in [0.25, 0.3) is 5.56 Å². The number of unbranched alkanes of at least 4 members (excludes halogenated alkanes) is 1. The summed E-state index contributed by atoms with van der Waals surface area (Å²) in [6.07, 6.45) is 3.91. The van der Waals surface area contributed by atoms with Crippen LogP contribution in [-0.2, 0) is 0 Å². The number of nitrogens with zero attached hydrogens (tertiary/aromatic N) is 1. The molecular weight excluding hydrogens is 336 g/mol. The Kier molecular flexibility index (Phi) is 5.51. The first-order valence-electron chi connectivity index (χ1n) is 8.27. The molecule has 0 radical (unpaired) electrons. The van der Waals surface area contributed by atoms with Crippen LogP contribution in [0.3, 0.4) is 0 Å². The third-order valence-electron chi connectivity index (χ3n) is 3.78. The maximum Gasteiger partial charge on any atom is 0.259 e. The summed E-state index contributed by atoms with van der Waals surface area (Å²) in [5, 5.41) is 0.923. The van der Waals surface area contributed by atoms with E-state index in [1.54, 1.807) is 24.3 Å². The molecule has 0 aliphatic carbocycles. The van der Waals surface area contributed by atoms with Gasteiger partial charge in [0.2, 0.25) is 0 Å². The second-order valence-electron chi connectivity index (χ2n) is 5.70. The minimum absolute atomic E-state index is 0.202. The minimum atomic E-state index is -0.202. The first kappa shape index (κ1) is 17.2. The number of fused-ring (bicyclic) bond motifs is 1. The molecule has 2 aromatic carbocycles. The van der Waals surface area contributed by atoms with Gasteiger partial charge < -0.3 is 9.72 Å². The Hall–Kier alpha value is -2.59. The number of para-hydroxylation sites is 1. The average molecular weight is 355 g/mol. The minimum Gasteiger partial charge on any atom is -0.494 e. The second kappa shape index (κ2) is 7.99. The zero-order chi connectivity index (χ0) is 17.6. The van der Waals surface area contributed by atoms with Gasteiger partial charge in [-0.1, -0.05) is 49.2 Å². The number of H-pyrrole nitrogens is 1. The van der Waals surface area contributed by atoms with Gasteiger partial charge in [0, 0.05) is 0 Å². The molecule has 0 amide bonds. The molecule has 0 saturated carbocycles. The van der Waals surface area contributed by atoms with E-state index in [0.717, 1.165) is 24.2 Å². The molecule has 128 valence electrons. The fourth-order valence-electron chi connectivity index (χ4n) is 2.41. The van der Waals surface area contributed by atoms with Crippen LogP contribution in [0.5, 0.6) is 5.75 Å². The molecule has 0 spiro atoms. The Morgan fingerprint density at radius 1 is 1.20 bits per heavy atom. The van der Waals surface area contributed by atoms with Gasteiger partial charge in [-0.15, -0.1) is 0 Å². The third kappa shape index (κ3) is 4.28. The first-order valence-corrected chi connectivity index (χ1v) is 8.64. The van der Waals surface area contributed by atoms with Crippen molar-refractivity contribution >= 4 is 33.6 Å². The van der Waals surface area contributed by atoms with E-state index in [4.69, 9.17) is 16.3 Å². The van der Waals surface area contributed by atoms with Crippen molar-refractivity contribution in [1.82, 2.24) is 9.97 Å². The Morgan fingerprint density at radius 2 is 1.96 bits per heavy atom. The van der Waals surface area contributed by atoms with E-state index in [0.29, 0.717) is 28.4 Å². The molecule has 0 saturated heterocycles. The van der Waals surface area contributed by atoms with Crippen LogP contribution >= 0.6 is 11.6 Å². The van der Waals surface area contributed by atoms with Gasteiger partial charge in [0.1, 0.15) is 5.75 Å². The molecular formula is C20H19ClN2O2. The van der Waals surface area contributed by atoms with Crippen LogP contribution in [0.1, 0.15) is 31.2 Å². The van der Waals surface area contributed by atoms with Crippen molar-refractivity contribution in [3.05, 3.63) is 70.3 Å². The molecule has 5 heteroatoms. The van der Waals surface area contributed by atoms with Crippen LogP contribution in [0.4, 0.5) is 0 Å². The number of aromatic amines is 1. The molecule has 4 nitrogen and oxygen atoms in total. The molecule has 1 aromatic heterocycles. The summed E-state index contributed by atoms with van der Waals surface area (Å²) in [7, 11) is 0. The van der Waals surface area contributed by atoms with Crippen molar-refractivity contribution in [3.63, 3.8) is 0 Å². The highest BCUT2D eigenvalue weighted by Gasteiger charge is 2.06. The van der Waals surface area contributed by atoms with E-state index in [1.807, 2.05) is 30.3 Å². The number of hydrogen-bond donors (Lipinski definition) is 1. The average Bonchev–Trinajstić information content (AvgIpc) is 2.63. The topological polar surface area (TPSA) is 55.0 Å². The highest BCUT2D eigenvalue weighted by Crippen LogP contribution is 2.21. The maximum atomic E-state index is 12.1. The van der Waals surface area contributed by atoms with Crippen molar-refractivity contribution < 1.29 is 4.74 Å². The largest absolute Gasteiger partial charge is 0.494 e. The van der Waals surface area contributed by atoms with Gasteiger partial charge >= 0.3 is 0 Å². The summed E-state index contributed by atoms with van der Waals surface area (Å²) in [5.74, 6) is 1.19. The number of aromatic nitrogens is 2. The van der Waals surface area contributed by atoms with Crippen molar-refractivity contribution in [2.24, 2.45) is 0 Å². The highest BCUT2D eigenvalue weighted by molar-refractivity contribution is 6.50. The second-order valence-corrected chi connectivity index (χ2v) is 6.10. The number of halogens is 1. The van der Waals surface area contributed by atoms with Gasteiger partial charge in [-0.2, -0.15) is 0 Å². The maximum absolute atomic E-state index is 12.1.